The van der Waals surface area contributed by atoms with E-state index in [1.54, 1.807) is 44.6 Å². The lowest BCUT2D eigenvalue weighted by Crippen LogP contribution is -1.96. The SMILES string of the molecule is Cc1noc(C)c1-c1cnc(-c2cccnc2)c([N+](=O)[O-])c1. The maximum Gasteiger partial charge on any atom is 0.296 e. The zero-order chi connectivity index (χ0) is 15.7. The van der Waals surface area contributed by atoms with Crippen molar-refractivity contribution < 1.29 is 9.45 Å². The summed E-state index contributed by atoms with van der Waals surface area (Å²) in [6.45, 7) is 3.54. The highest BCUT2D eigenvalue weighted by atomic mass is 16.6. The van der Waals surface area contributed by atoms with Crippen LogP contribution in [-0.2, 0) is 0 Å². The lowest BCUT2D eigenvalue weighted by Gasteiger charge is -2.05. The largest absolute Gasteiger partial charge is 0.361 e. The van der Waals surface area contributed by atoms with Gasteiger partial charge in [-0.2, -0.15) is 0 Å². The lowest BCUT2D eigenvalue weighted by molar-refractivity contribution is -0.384. The maximum atomic E-state index is 11.4. The maximum absolute atomic E-state index is 11.4. The fourth-order valence-corrected chi connectivity index (χ4v) is 2.35. The Morgan fingerprint density at radius 2 is 2.05 bits per heavy atom. The first-order chi connectivity index (χ1) is 10.6. The van der Waals surface area contributed by atoms with Crippen molar-refractivity contribution in [3.05, 3.63) is 58.4 Å². The van der Waals surface area contributed by atoms with Crippen molar-refractivity contribution in [2.45, 2.75) is 13.8 Å². The molecule has 3 aromatic rings. The van der Waals surface area contributed by atoms with E-state index in [-0.39, 0.29) is 11.4 Å². The van der Waals surface area contributed by atoms with E-state index in [0.29, 0.717) is 22.6 Å². The molecule has 0 atom stereocenters. The minimum absolute atomic E-state index is 0.0782. The Balaban J connectivity index is 2.19. The molecule has 0 saturated heterocycles. The van der Waals surface area contributed by atoms with Crippen LogP contribution in [0.25, 0.3) is 22.4 Å². The van der Waals surface area contributed by atoms with Crippen LogP contribution < -0.4 is 0 Å². The molecule has 0 fully saturated rings. The molecule has 0 saturated carbocycles. The molecule has 0 aliphatic heterocycles. The second-order valence-corrected chi connectivity index (χ2v) is 4.79. The Kier molecular flexibility index (Phi) is 3.38. The van der Waals surface area contributed by atoms with Crippen LogP contribution in [0.1, 0.15) is 11.5 Å². The molecule has 7 nitrogen and oxygen atoms in total. The molecule has 0 aliphatic rings. The van der Waals surface area contributed by atoms with Crippen LogP contribution in [0.3, 0.4) is 0 Å². The summed E-state index contributed by atoms with van der Waals surface area (Å²) >= 11 is 0. The van der Waals surface area contributed by atoms with Gasteiger partial charge in [-0.3, -0.25) is 15.1 Å². The Labute approximate surface area is 125 Å². The first-order valence-corrected chi connectivity index (χ1v) is 6.56. The number of pyridine rings is 2. The van der Waals surface area contributed by atoms with Crippen LogP contribution >= 0.6 is 0 Å². The van der Waals surface area contributed by atoms with Gasteiger partial charge in [0.2, 0.25) is 0 Å². The van der Waals surface area contributed by atoms with E-state index in [4.69, 9.17) is 4.52 Å². The average molecular weight is 296 g/mol. The van der Waals surface area contributed by atoms with Crippen LogP contribution in [-0.4, -0.2) is 20.0 Å². The van der Waals surface area contributed by atoms with Gasteiger partial charge in [0.15, 0.2) is 0 Å². The highest BCUT2D eigenvalue weighted by Gasteiger charge is 2.21. The number of aromatic nitrogens is 3. The highest BCUT2D eigenvalue weighted by molar-refractivity contribution is 5.76. The van der Waals surface area contributed by atoms with Gasteiger partial charge in [0.25, 0.3) is 5.69 Å². The van der Waals surface area contributed by atoms with Crippen molar-refractivity contribution in [2.75, 3.05) is 0 Å². The molecular weight excluding hydrogens is 284 g/mol. The van der Waals surface area contributed by atoms with E-state index in [1.807, 2.05) is 0 Å². The predicted octanol–water partition coefficient (Wildman–Crippen LogP) is 3.32. The van der Waals surface area contributed by atoms with E-state index in [9.17, 15) is 10.1 Å². The molecule has 110 valence electrons. The normalized spacial score (nSPS) is 10.6. The zero-order valence-electron chi connectivity index (χ0n) is 12.0. The third-order valence-corrected chi connectivity index (χ3v) is 3.32. The molecule has 0 spiro atoms. The summed E-state index contributed by atoms with van der Waals surface area (Å²) in [4.78, 5) is 19.2. The first kappa shape index (κ1) is 13.9. The van der Waals surface area contributed by atoms with Crippen LogP contribution in [0.2, 0.25) is 0 Å². The van der Waals surface area contributed by atoms with Gasteiger partial charge in [-0.15, -0.1) is 0 Å². The average Bonchev–Trinajstić information content (AvgIpc) is 2.86. The van der Waals surface area contributed by atoms with Crippen molar-refractivity contribution in [3.8, 4) is 22.4 Å². The Morgan fingerprint density at radius 1 is 1.23 bits per heavy atom. The number of rotatable bonds is 3. The van der Waals surface area contributed by atoms with Crippen LogP contribution in [0.5, 0.6) is 0 Å². The van der Waals surface area contributed by atoms with Crippen LogP contribution in [0, 0.1) is 24.0 Å². The number of hydrogen-bond acceptors (Lipinski definition) is 6. The molecule has 7 heteroatoms. The van der Waals surface area contributed by atoms with E-state index in [2.05, 4.69) is 15.1 Å². The molecular formula is C15H12N4O3. The molecule has 3 aromatic heterocycles. The summed E-state index contributed by atoms with van der Waals surface area (Å²) in [6, 6.07) is 4.93. The van der Waals surface area contributed by atoms with Crippen molar-refractivity contribution in [3.63, 3.8) is 0 Å². The van der Waals surface area contributed by atoms with Crippen molar-refractivity contribution in [1.29, 1.82) is 0 Å². The van der Waals surface area contributed by atoms with Gasteiger partial charge in [-0.05, 0) is 26.0 Å². The van der Waals surface area contributed by atoms with E-state index < -0.39 is 4.92 Å². The van der Waals surface area contributed by atoms with Gasteiger partial charge in [-0.25, -0.2) is 4.98 Å². The number of aryl methyl sites for hydroxylation is 2. The standard InChI is InChI=1S/C15H12N4O3/c1-9-14(10(2)22-18-9)12-6-13(19(20)21)15(17-8-12)11-4-3-5-16-7-11/h3-8H,1-2H3. The predicted molar refractivity (Wildman–Crippen MR) is 79.1 cm³/mol. The van der Waals surface area contributed by atoms with Crippen LogP contribution in [0.15, 0.2) is 41.3 Å². The number of nitrogens with zero attached hydrogens (tertiary/aromatic N) is 4. The molecule has 0 unspecified atom stereocenters. The summed E-state index contributed by atoms with van der Waals surface area (Å²) in [5.74, 6) is 0.600. The number of hydrogen-bond donors (Lipinski definition) is 0. The van der Waals surface area contributed by atoms with Crippen LogP contribution in [0.4, 0.5) is 5.69 Å². The van der Waals surface area contributed by atoms with E-state index in [1.165, 1.54) is 6.07 Å². The summed E-state index contributed by atoms with van der Waals surface area (Å²) < 4.78 is 5.11. The van der Waals surface area contributed by atoms with Crippen molar-refractivity contribution in [2.24, 2.45) is 0 Å². The molecule has 0 radical (unpaired) electrons. The third kappa shape index (κ3) is 2.32. The Hall–Kier alpha value is -3.09. The first-order valence-electron chi connectivity index (χ1n) is 6.56. The second kappa shape index (κ2) is 5.36. The minimum Gasteiger partial charge on any atom is -0.361 e. The Bertz CT molecular complexity index is 824. The third-order valence-electron chi connectivity index (χ3n) is 3.32. The topological polar surface area (TPSA) is 95.0 Å². The Morgan fingerprint density at radius 3 is 2.64 bits per heavy atom. The highest BCUT2D eigenvalue weighted by Crippen LogP contribution is 2.33. The second-order valence-electron chi connectivity index (χ2n) is 4.79. The van der Waals surface area contributed by atoms with Gasteiger partial charge >= 0.3 is 0 Å². The molecule has 0 amide bonds. The van der Waals surface area contributed by atoms with Gasteiger partial charge in [0, 0.05) is 41.3 Å². The molecule has 0 aliphatic carbocycles. The fraction of sp³-hybridized carbons (Fsp3) is 0.133. The van der Waals surface area contributed by atoms with E-state index >= 15 is 0 Å². The van der Waals surface area contributed by atoms with Gasteiger partial charge in [-0.1, -0.05) is 5.16 Å². The molecule has 0 bridgehead atoms. The fourth-order valence-electron chi connectivity index (χ4n) is 2.35. The van der Waals surface area contributed by atoms with Crippen molar-refractivity contribution >= 4 is 5.69 Å². The van der Waals surface area contributed by atoms with Gasteiger partial charge in [0.1, 0.15) is 11.5 Å². The van der Waals surface area contributed by atoms with E-state index in [0.717, 1.165) is 5.56 Å². The molecule has 22 heavy (non-hydrogen) atoms. The number of nitro groups is 1. The smallest absolute Gasteiger partial charge is 0.296 e. The van der Waals surface area contributed by atoms with Crippen molar-refractivity contribution in [1.82, 2.24) is 15.1 Å². The summed E-state index contributed by atoms with van der Waals surface area (Å²) in [5.41, 5.74) is 2.81. The minimum atomic E-state index is -0.447. The quantitative estimate of drug-likeness (QED) is 0.543. The summed E-state index contributed by atoms with van der Waals surface area (Å²) in [7, 11) is 0. The van der Waals surface area contributed by atoms with Gasteiger partial charge < -0.3 is 4.52 Å². The molecule has 3 heterocycles. The zero-order valence-corrected chi connectivity index (χ0v) is 12.0. The molecule has 0 N–H and O–H groups in total. The molecule has 0 aromatic carbocycles. The lowest BCUT2D eigenvalue weighted by atomic mass is 10.0. The van der Waals surface area contributed by atoms with Gasteiger partial charge in [0.05, 0.1) is 10.6 Å². The molecule has 3 rings (SSSR count). The summed E-state index contributed by atoms with van der Waals surface area (Å²) in [6.07, 6.45) is 4.74. The monoisotopic (exact) mass is 296 g/mol. The summed E-state index contributed by atoms with van der Waals surface area (Å²) in [5, 5.41) is 15.3.